The quantitative estimate of drug-likeness (QED) is 0.545. The first-order valence-corrected chi connectivity index (χ1v) is 9.78. The minimum Gasteiger partial charge on any atom is -0.493 e. The van der Waals surface area contributed by atoms with Gasteiger partial charge in [0.25, 0.3) is 0 Å². The summed E-state index contributed by atoms with van der Waals surface area (Å²) in [4.78, 5) is 15.9. The Morgan fingerprint density at radius 2 is 1.83 bits per heavy atom. The Morgan fingerprint density at radius 3 is 2.52 bits per heavy atom. The molecule has 0 radical (unpaired) electrons. The average Bonchev–Trinajstić information content (AvgIpc) is 3.16. The maximum absolute atomic E-state index is 12.5. The van der Waals surface area contributed by atoms with Crippen LogP contribution in [0.1, 0.15) is 30.9 Å². The Hall–Kier alpha value is -2.99. The van der Waals surface area contributed by atoms with Crippen molar-refractivity contribution < 1.29 is 14.3 Å². The Bertz CT molecular complexity index is 980. The summed E-state index contributed by atoms with van der Waals surface area (Å²) in [6.45, 7) is 4.27. The third-order valence-electron chi connectivity index (χ3n) is 5.31. The molecule has 0 aliphatic carbocycles. The largest absolute Gasteiger partial charge is 0.493 e. The topological polar surface area (TPSA) is 89.4 Å². The zero-order valence-electron chi connectivity index (χ0n) is 17.4. The van der Waals surface area contributed by atoms with Crippen LogP contribution < -0.4 is 20.5 Å². The van der Waals surface area contributed by atoms with Crippen molar-refractivity contribution in [3.63, 3.8) is 0 Å². The fourth-order valence-corrected chi connectivity index (χ4v) is 3.58. The number of H-pyrrole nitrogens is 1. The highest BCUT2D eigenvalue weighted by Gasteiger charge is 2.25. The van der Waals surface area contributed by atoms with Crippen LogP contribution in [0.5, 0.6) is 11.5 Å². The molecular weight excluding hydrogens is 366 g/mol. The summed E-state index contributed by atoms with van der Waals surface area (Å²) in [6, 6.07) is 13.4. The van der Waals surface area contributed by atoms with Crippen LogP contribution in [-0.4, -0.2) is 37.7 Å². The molecular formula is C23H29N3O3. The molecule has 2 aromatic carbocycles. The number of amides is 1. The first-order chi connectivity index (χ1) is 14.0. The Kier molecular flexibility index (Phi) is 6.44. The molecule has 3 aromatic rings. The van der Waals surface area contributed by atoms with Crippen LogP contribution in [0.3, 0.4) is 0 Å². The number of nitrogens with two attached hydrogens (primary N) is 1. The van der Waals surface area contributed by atoms with E-state index in [1.54, 1.807) is 14.2 Å². The monoisotopic (exact) mass is 395 g/mol. The van der Waals surface area contributed by atoms with Crippen molar-refractivity contribution >= 4 is 16.8 Å². The van der Waals surface area contributed by atoms with Gasteiger partial charge in [-0.1, -0.05) is 44.2 Å². The molecule has 29 heavy (non-hydrogen) atoms. The number of methoxy groups -OCH3 is 2. The minimum absolute atomic E-state index is 0.0629. The second-order valence-corrected chi connectivity index (χ2v) is 7.44. The maximum atomic E-state index is 12.5. The van der Waals surface area contributed by atoms with E-state index in [0.717, 1.165) is 22.0 Å². The number of nitrogens with one attached hydrogen (secondary N) is 2. The van der Waals surface area contributed by atoms with Gasteiger partial charge in [0.05, 0.1) is 20.3 Å². The fraction of sp³-hybridized carbons (Fsp3) is 0.348. The summed E-state index contributed by atoms with van der Waals surface area (Å²) in [5.41, 5.74) is 9.09. The van der Waals surface area contributed by atoms with Crippen LogP contribution in [0.2, 0.25) is 0 Å². The predicted molar refractivity (Wildman–Crippen MR) is 116 cm³/mol. The van der Waals surface area contributed by atoms with Gasteiger partial charge in [-0.3, -0.25) is 4.79 Å². The third-order valence-corrected chi connectivity index (χ3v) is 5.31. The molecule has 6 nitrogen and oxygen atoms in total. The van der Waals surface area contributed by atoms with Crippen LogP contribution in [0.25, 0.3) is 10.9 Å². The van der Waals surface area contributed by atoms with Crippen molar-refractivity contribution in [2.45, 2.75) is 25.8 Å². The van der Waals surface area contributed by atoms with Gasteiger partial charge in [0.2, 0.25) is 5.91 Å². The predicted octanol–water partition coefficient (Wildman–Crippen LogP) is 3.42. The molecule has 0 saturated heterocycles. The zero-order valence-corrected chi connectivity index (χ0v) is 17.4. The molecule has 0 bridgehead atoms. The van der Waals surface area contributed by atoms with Gasteiger partial charge in [0.1, 0.15) is 0 Å². The van der Waals surface area contributed by atoms with Gasteiger partial charge in [-0.15, -0.1) is 0 Å². The number of para-hydroxylation sites is 2. The molecule has 154 valence electrons. The number of aromatic nitrogens is 1. The second kappa shape index (κ2) is 9.01. The van der Waals surface area contributed by atoms with Crippen molar-refractivity contribution in [2.24, 2.45) is 11.7 Å². The normalized spacial score (nSPS) is 13.3. The third kappa shape index (κ3) is 4.22. The molecule has 1 amide bonds. The molecule has 2 atom stereocenters. The number of carbonyl (C=O) groups excluding carboxylic acids is 1. The molecule has 0 aliphatic heterocycles. The number of rotatable bonds is 8. The Balaban J connectivity index is 2.04. The van der Waals surface area contributed by atoms with E-state index in [9.17, 15) is 4.79 Å². The molecule has 0 spiro atoms. The van der Waals surface area contributed by atoms with Gasteiger partial charge >= 0.3 is 0 Å². The van der Waals surface area contributed by atoms with Gasteiger partial charge < -0.3 is 25.5 Å². The van der Waals surface area contributed by atoms with Gasteiger partial charge in [-0.05, 0) is 23.6 Å². The summed E-state index contributed by atoms with van der Waals surface area (Å²) < 4.78 is 11.2. The number of hydrogen-bond acceptors (Lipinski definition) is 4. The maximum Gasteiger partial charge on any atom is 0.237 e. The standard InChI is InChI=1S/C23H29N3O3/c1-14(2)21(24)23(27)26-13-18(16-9-7-11-20(28-3)22(16)29-4)17-12-25-19-10-6-5-8-15(17)19/h5-12,14,18,21,25H,13,24H2,1-4H3,(H,26,27)/t18?,21-/m0/s1. The molecule has 4 N–H and O–H groups in total. The van der Waals surface area contributed by atoms with E-state index in [0.29, 0.717) is 18.0 Å². The zero-order chi connectivity index (χ0) is 21.0. The summed E-state index contributed by atoms with van der Waals surface area (Å²) in [6.07, 6.45) is 1.99. The molecule has 0 aliphatic rings. The first-order valence-electron chi connectivity index (χ1n) is 9.78. The summed E-state index contributed by atoms with van der Waals surface area (Å²) in [7, 11) is 3.24. The lowest BCUT2D eigenvalue weighted by Gasteiger charge is -2.23. The summed E-state index contributed by atoms with van der Waals surface area (Å²) in [5, 5.41) is 4.13. The molecule has 1 aromatic heterocycles. The van der Waals surface area contributed by atoms with Crippen LogP contribution in [0, 0.1) is 5.92 Å². The smallest absolute Gasteiger partial charge is 0.237 e. The number of ether oxygens (including phenoxy) is 2. The van der Waals surface area contributed by atoms with E-state index in [2.05, 4.69) is 16.4 Å². The number of fused-ring (bicyclic) bond motifs is 1. The molecule has 1 heterocycles. The van der Waals surface area contributed by atoms with Crippen LogP contribution >= 0.6 is 0 Å². The van der Waals surface area contributed by atoms with Gasteiger partial charge in [0.15, 0.2) is 11.5 Å². The lowest BCUT2D eigenvalue weighted by molar-refractivity contribution is -0.123. The van der Waals surface area contributed by atoms with E-state index in [-0.39, 0.29) is 17.7 Å². The van der Waals surface area contributed by atoms with E-state index in [4.69, 9.17) is 15.2 Å². The van der Waals surface area contributed by atoms with Crippen molar-refractivity contribution in [1.82, 2.24) is 10.3 Å². The number of benzene rings is 2. The summed E-state index contributed by atoms with van der Waals surface area (Å²) in [5.74, 6) is 1.08. The van der Waals surface area contributed by atoms with Crippen LogP contribution in [0.15, 0.2) is 48.7 Å². The Morgan fingerprint density at radius 1 is 1.07 bits per heavy atom. The first kappa shape index (κ1) is 20.7. The molecule has 6 heteroatoms. The molecule has 0 fully saturated rings. The van der Waals surface area contributed by atoms with Gasteiger partial charge in [0, 0.05) is 35.1 Å². The van der Waals surface area contributed by atoms with Gasteiger partial charge in [-0.25, -0.2) is 0 Å². The van der Waals surface area contributed by atoms with E-state index >= 15 is 0 Å². The van der Waals surface area contributed by atoms with E-state index < -0.39 is 6.04 Å². The molecule has 3 rings (SSSR count). The Labute approximate surface area is 171 Å². The summed E-state index contributed by atoms with van der Waals surface area (Å²) >= 11 is 0. The van der Waals surface area contributed by atoms with E-state index in [1.807, 2.05) is 56.4 Å². The highest BCUT2D eigenvalue weighted by atomic mass is 16.5. The number of aromatic amines is 1. The van der Waals surface area contributed by atoms with Crippen molar-refractivity contribution in [1.29, 1.82) is 0 Å². The SMILES string of the molecule is COc1cccc(C(CNC(=O)[C@@H](N)C(C)C)c2c[nH]c3ccccc23)c1OC. The van der Waals surface area contributed by atoms with Crippen molar-refractivity contribution in [3.8, 4) is 11.5 Å². The molecule has 0 saturated carbocycles. The van der Waals surface area contributed by atoms with Crippen LogP contribution in [-0.2, 0) is 4.79 Å². The lowest BCUT2D eigenvalue weighted by Crippen LogP contribution is -2.45. The highest BCUT2D eigenvalue weighted by molar-refractivity contribution is 5.85. The number of hydrogen-bond donors (Lipinski definition) is 3. The molecule has 1 unspecified atom stereocenters. The van der Waals surface area contributed by atoms with E-state index in [1.165, 1.54) is 0 Å². The fourth-order valence-electron chi connectivity index (χ4n) is 3.58. The van der Waals surface area contributed by atoms with Crippen molar-refractivity contribution in [2.75, 3.05) is 20.8 Å². The van der Waals surface area contributed by atoms with Crippen LogP contribution in [0.4, 0.5) is 0 Å². The lowest BCUT2D eigenvalue weighted by atomic mass is 9.89. The minimum atomic E-state index is -0.550. The average molecular weight is 396 g/mol. The van der Waals surface area contributed by atoms with Crippen molar-refractivity contribution in [3.05, 3.63) is 59.8 Å². The second-order valence-electron chi connectivity index (χ2n) is 7.44. The highest BCUT2D eigenvalue weighted by Crippen LogP contribution is 2.40. The number of carbonyl (C=O) groups is 1. The van der Waals surface area contributed by atoms with Gasteiger partial charge in [-0.2, -0.15) is 0 Å².